The van der Waals surface area contributed by atoms with Crippen LogP contribution in [0.3, 0.4) is 0 Å². The van der Waals surface area contributed by atoms with Crippen molar-refractivity contribution in [1.29, 1.82) is 0 Å². The molecule has 3 heterocycles. The molecule has 3 aliphatic rings. The van der Waals surface area contributed by atoms with Crippen LogP contribution in [-0.2, 0) is 22.7 Å². The first-order valence-electron chi connectivity index (χ1n) is 20.6. The normalized spacial score (nSPS) is 22.0. The molecule has 10 nitrogen and oxygen atoms in total. The summed E-state index contributed by atoms with van der Waals surface area (Å²) in [6, 6.07) is 24.8. The summed E-state index contributed by atoms with van der Waals surface area (Å²) in [6.45, 7) is 5.03. The monoisotopic (exact) mass is 812 g/mol. The third-order valence-corrected chi connectivity index (χ3v) is 13.4. The van der Waals surface area contributed by atoms with Crippen LogP contribution in [0.5, 0.6) is 5.75 Å². The number of thiophene rings is 1. The van der Waals surface area contributed by atoms with Gasteiger partial charge in [-0.05, 0) is 106 Å². The van der Waals surface area contributed by atoms with Crippen LogP contribution >= 0.6 is 22.9 Å². The van der Waals surface area contributed by atoms with Crippen molar-refractivity contribution in [3.05, 3.63) is 99.7 Å². The lowest BCUT2D eigenvalue weighted by molar-refractivity contribution is -0.145. The van der Waals surface area contributed by atoms with Gasteiger partial charge in [-0.25, -0.2) is 4.79 Å². The Labute approximate surface area is 346 Å². The molecule has 0 radical (unpaired) electrons. The molecule has 3 fully saturated rings. The molecule has 1 aliphatic carbocycles. The van der Waals surface area contributed by atoms with E-state index in [1.165, 1.54) is 16.9 Å². The highest BCUT2D eigenvalue weighted by atomic mass is 35.5. The van der Waals surface area contributed by atoms with Crippen LogP contribution in [0.4, 0.5) is 4.79 Å². The van der Waals surface area contributed by atoms with Crippen molar-refractivity contribution in [2.45, 2.75) is 82.6 Å². The fraction of sp³-hybridized carbons (Fsp3) is 0.489. The highest BCUT2D eigenvalue weighted by Crippen LogP contribution is 2.44. The van der Waals surface area contributed by atoms with Crippen molar-refractivity contribution in [1.82, 2.24) is 30.2 Å². The number of carbonyl (C=O) groups excluding carboxylic acids is 3. The van der Waals surface area contributed by atoms with Gasteiger partial charge >= 0.3 is 6.09 Å². The van der Waals surface area contributed by atoms with Crippen molar-refractivity contribution >= 4 is 51.6 Å². The zero-order valence-corrected chi connectivity index (χ0v) is 34.9. The zero-order chi connectivity index (χ0) is 39.8. The first-order chi connectivity index (χ1) is 27.7. The Morgan fingerprint density at radius 3 is 2.49 bits per heavy atom. The van der Waals surface area contributed by atoms with E-state index in [1.807, 2.05) is 47.8 Å². The number of nitrogens with one attached hydrogen (secondary N) is 2. The van der Waals surface area contributed by atoms with Gasteiger partial charge in [-0.1, -0.05) is 84.8 Å². The predicted molar refractivity (Wildman–Crippen MR) is 229 cm³/mol. The second kappa shape index (κ2) is 19.2. The number of nitrogens with zero attached hydrogens (tertiary/aromatic N) is 4. The number of halogens is 1. The lowest BCUT2D eigenvalue weighted by Crippen LogP contribution is -2.64. The molecule has 1 saturated carbocycles. The van der Waals surface area contributed by atoms with Gasteiger partial charge in [0.1, 0.15) is 6.04 Å². The Morgan fingerprint density at radius 1 is 0.930 bits per heavy atom. The minimum absolute atomic E-state index is 0.0187. The summed E-state index contributed by atoms with van der Waals surface area (Å²) in [5.41, 5.74) is 1.71. The van der Waals surface area contributed by atoms with Gasteiger partial charge in [-0.3, -0.25) is 14.5 Å². The van der Waals surface area contributed by atoms with Crippen LogP contribution in [0.1, 0.15) is 61.8 Å². The molecule has 2 N–H and O–H groups in total. The molecule has 1 aromatic heterocycles. The van der Waals surface area contributed by atoms with Gasteiger partial charge in [-0.2, -0.15) is 0 Å². The lowest BCUT2D eigenvalue weighted by atomic mass is 9.72. The highest BCUT2D eigenvalue weighted by Gasteiger charge is 2.43. The van der Waals surface area contributed by atoms with Gasteiger partial charge < -0.3 is 30.1 Å². The van der Waals surface area contributed by atoms with Gasteiger partial charge in [-0.15, -0.1) is 11.3 Å². The van der Waals surface area contributed by atoms with Gasteiger partial charge in [0, 0.05) is 42.5 Å². The quantitative estimate of drug-likeness (QED) is 0.128. The Hall–Kier alpha value is -4.00. The molecule has 12 heteroatoms. The average Bonchev–Trinajstić information content (AvgIpc) is 3.90. The van der Waals surface area contributed by atoms with Crippen LogP contribution in [0.15, 0.2) is 84.2 Å². The number of likely N-dealkylation sites (tertiary alicyclic amines) is 1. The molecular weight excluding hydrogens is 756 g/mol. The van der Waals surface area contributed by atoms with Gasteiger partial charge in [0.05, 0.1) is 24.2 Å². The molecule has 2 atom stereocenters. The summed E-state index contributed by atoms with van der Waals surface area (Å²) < 4.78 is 5.85. The molecule has 57 heavy (non-hydrogen) atoms. The number of hydrogen-bond donors (Lipinski definition) is 2. The number of piperazine rings is 1. The Kier molecular flexibility index (Phi) is 13.8. The minimum atomic E-state index is -0.874. The summed E-state index contributed by atoms with van der Waals surface area (Å²) in [5.74, 6) is -0.0996. The fourth-order valence-corrected chi connectivity index (χ4v) is 9.86. The summed E-state index contributed by atoms with van der Waals surface area (Å²) in [4.78, 5) is 51.5. The van der Waals surface area contributed by atoms with E-state index in [9.17, 15) is 14.4 Å². The van der Waals surface area contributed by atoms with E-state index in [0.29, 0.717) is 23.4 Å². The maximum atomic E-state index is 14.8. The Balaban J connectivity index is 1.03. The zero-order valence-electron chi connectivity index (χ0n) is 33.3. The third kappa shape index (κ3) is 10.6. The number of benzene rings is 3. The first kappa shape index (κ1) is 41.2. The van der Waals surface area contributed by atoms with E-state index >= 15 is 0 Å². The number of amides is 3. The van der Waals surface area contributed by atoms with Crippen molar-refractivity contribution in [2.24, 2.45) is 5.41 Å². The number of rotatable bonds is 14. The van der Waals surface area contributed by atoms with Gasteiger partial charge in [0.2, 0.25) is 11.8 Å². The van der Waals surface area contributed by atoms with Crippen LogP contribution in [0.25, 0.3) is 10.8 Å². The average molecular weight is 814 g/mol. The standard InChI is InChI=1S/C45H57ClN6O4S/c1-49(2)24-9-8-16-38(48-35-19-21-45(22-20-35)23-25-50(32-45)30-33-11-4-3-5-12-33)43(54)52-27-26-51(31-39(52)42(53)47-29-36-14-10-28-57-36)44(55)56-40-18-17-34-13-6-7-15-37(34)41(40)46/h3-7,10-15,17-18,28,35,38-39,48H,8-9,16,19-27,29-32H2,1-2H3,(H,47,53)/t35?,38-,39+,45?/m1/s1. The summed E-state index contributed by atoms with van der Waals surface area (Å²) in [5, 5.41) is 10.9. The second-order valence-electron chi connectivity index (χ2n) is 16.5. The molecule has 0 unspecified atom stereocenters. The molecule has 0 bridgehead atoms. The van der Waals surface area contributed by atoms with Gasteiger partial charge in [0.15, 0.2) is 5.75 Å². The molecule has 2 aliphatic heterocycles. The van der Waals surface area contributed by atoms with Crippen molar-refractivity contribution in [3.63, 3.8) is 0 Å². The number of ether oxygens (including phenoxy) is 1. The molecule has 7 rings (SSSR count). The number of hydrogen-bond acceptors (Lipinski definition) is 8. The van der Waals surface area contributed by atoms with E-state index in [1.54, 1.807) is 22.3 Å². The molecule has 1 spiro atoms. The summed E-state index contributed by atoms with van der Waals surface area (Å²) in [7, 11) is 4.14. The SMILES string of the molecule is CN(C)CCCC[C@@H](NC1CCC2(CC1)CCN(Cc1ccccc1)C2)C(=O)N1CCN(C(=O)Oc2ccc3ccccc3c2Cl)C[C@H]1C(=O)NCc1cccs1. The second-order valence-corrected chi connectivity index (χ2v) is 17.9. The fourth-order valence-electron chi connectivity index (χ4n) is 8.94. The van der Waals surface area contributed by atoms with E-state index in [0.717, 1.165) is 80.4 Å². The number of unbranched alkanes of at least 4 members (excludes halogenated alkanes) is 1. The highest BCUT2D eigenvalue weighted by molar-refractivity contribution is 7.09. The maximum absolute atomic E-state index is 14.8. The Bertz CT molecular complexity index is 1950. The van der Waals surface area contributed by atoms with Crippen molar-refractivity contribution < 1.29 is 19.1 Å². The predicted octanol–water partition coefficient (Wildman–Crippen LogP) is 7.41. The molecule has 3 amide bonds. The summed E-state index contributed by atoms with van der Waals surface area (Å²) in [6.07, 6.45) is 7.53. The minimum Gasteiger partial charge on any atom is -0.409 e. The molecule has 304 valence electrons. The lowest BCUT2D eigenvalue weighted by Gasteiger charge is -2.43. The summed E-state index contributed by atoms with van der Waals surface area (Å²) >= 11 is 8.25. The first-order valence-corrected chi connectivity index (χ1v) is 21.8. The van der Waals surface area contributed by atoms with Crippen LogP contribution in [0, 0.1) is 5.41 Å². The van der Waals surface area contributed by atoms with E-state index < -0.39 is 18.2 Å². The number of carbonyl (C=O) groups is 3. The molecular formula is C45H57ClN6O4S. The van der Waals surface area contributed by atoms with Crippen molar-refractivity contribution in [2.75, 3.05) is 53.4 Å². The maximum Gasteiger partial charge on any atom is 0.415 e. The third-order valence-electron chi connectivity index (χ3n) is 12.2. The molecule has 2 saturated heterocycles. The van der Waals surface area contributed by atoms with E-state index in [-0.39, 0.29) is 43.2 Å². The number of fused-ring (bicyclic) bond motifs is 1. The van der Waals surface area contributed by atoms with Crippen LogP contribution in [-0.4, -0.2) is 109 Å². The Morgan fingerprint density at radius 2 is 1.72 bits per heavy atom. The van der Waals surface area contributed by atoms with E-state index in [4.69, 9.17) is 16.3 Å². The van der Waals surface area contributed by atoms with E-state index in [2.05, 4.69) is 64.9 Å². The molecule has 4 aromatic rings. The van der Waals surface area contributed by atoms with Crippen LogP contribution < -0.4 is 15.4 Å². The van der Waals surface area contributed by atoms with Gasteiger partial charge in [0.25, 0.3) is 0 Å². The topological polar surface area (TPSA) is 97.5 Å². The molecule has 3 aromatic carbocycles. The van der Waals surface area contributed by atoms with Crippen LogP contribution in [0.2, 0.25) is 5.02 Å². The smallest absolute Gasteiger partial charge is 0.409 e. The largest absolute Gasteiger partial charge is 0.415 e. The van der Waals surface area contributed by atoms with Crippen molar-refractivity contribution in [3.8, 4) is 5.75 Å².